The minimum Gasteiger partial charge on any atom is -0.247 e. The fourth-order valence-corrected chi connectivity index (χ4v) is 3.40. The SMILES string of the molecule is CCc1nc(Cc2ccc(-c3ccccc3-c3nnn[nH]3)cc2)n(C(C)CC)n1. The fraction of sp³-hybridized carbons (Fsp3) is 0.318. The van der Waals surface area contributed by atoms with Crippen molar-refractivity contribution in [3.8, 4) is 22.5 Å². The maximum Gasteiger partial charge on any atom is 0.180 e. The van der Waals surface area contributed by atoms with E-state index in [0.717, 1.165) is 47.6 Å². The first-order valence-corrected chi connectivity index (χ1v) is 10.1. The van der Waals surface area contributed by atoms with Gasteiger partial charge in [0.15, 0.2) is 11.6 Å². The summed E-state index contributed by atoms with van der Waals surface area (Å²) in [6.45, 7) is 6.46. The lowest BCUT2D eigenvalue weighted by atomic mass is 9.98. The van der Waals surface area contributed by atoms with E-state index in [1.165, 1.54) is 5.56 Å². The molecule has 0 radical (unpaired) electrons. The second-order valence-corrected chi connectivity index (χ2v) is 7.17. The van der Waals surface area contributed by atoms with Crippen LogP contribution in [0.1, 0.15) is 50.4 Å². The molecule has 4 rings (SSSR count). The zero-order chi connectivity index (χ0) is 20.2. The molecule has 7 heteroatoms. The highest BCUT2D eigenvalue weighted by Gasteiger charge is 2.14. The highest BCUT2D eigenvalue weighted by Crippen LogP contribution is 2.30. The van der Waals surface area contributed by atoms with Gasteiger partial charge >= 0.3 is 0 Å². The van der Waals surface area contributed by atoms with Crippen LogP contribution in [-0.2, 0) is 12.8 Å². The van der Waals surface area contributed by atoms with Crippen molar-refractivity contribution < 1.29 is 0 Å². The van der Waals surface area contributed by atoms with Gasteiger partial charge in [0.2, 0.25) is 0 Å². The molecule has 1 N–H and O–H groups in total. The summed E-state index contributed by atoms with van der Waals surface area (Å²) >= 11 is 0. The van der Waals surface area contributed by atoms with Crippen LogP contribution in [-0.4, -0.2) is 35.4 Å². The third-order valence-electron chi connectivity index (χ3n) is 5.22. The third-order valence-corrected chi connectivity index (χ3v) is 5.22. The average molecular weight is 387 g/mol. The van der Waals surface area contributed by atoms with Gasteiger partial charge in [0.05, 0.1) is 6.04 Å². The molecule has 2 heterocycles. The maximum absolute atomic E-state index is 4.75. The number of aryl methyl sites for hydroxylation is 1. The van der Waals surface area contributed by atoms with E-state index in [1.807, 2.05) is 18.2 Å². The van der Waals surface area contributed by atoms with Crippen LogP contribution in [0.3, 0.4) is 0 Å². The second kappa shape index (κ2) is 8.34. The molecule has 148 valence electrons. The Balaban J connectivity index is 1.61. The molecule has 2 aromatic heterocycles. The Labute approximate surface area is 170 Å². The van der Waals surface area contributed by atoms with Gasteiger partial charge in [-0.05, 0) is 40.5 Å². The fourth-order valence-electron chi connectivity index (χ4n) is 3.40. The van der Waals surface area contributed by atoms with Crippen molar-refractivity contribution in [3.05, 3.63) is 65.7 Å². The summed E-state index contributed by atoms with van der Waals surface area (Å²) in [7, 11) is 0. The summed E-state index contributed by atoms with van der Waals surface area (Å²) in [5.74, 6) is 2.60. The van der Waals surface area contributed by atoms with Gasteiger partial charge in [0.25, 0.3) is 0 Å². The highest BCUT2D eigenvalue weighted by molar-refractivity contribution is 5.80. The molecular formula is C22H25N7. The van der Waals surface area contributed by atoms with E-state index in [0.29, 0.717) is 11.9 Å². The number of hydrogen-bond donors (Lipinski definition) is 1. The molecule has 7 nitrogen and oxygen atoms in total. The quantitative estimate of drug-likeness (QED) is 0.512. The zero-order valence-corrected chi connectivity index (χ0v) is 17.0. The third kappa shape index (κ3) is 3.94. The molecule has 0 aliphatic carbocycles. The van der Waals surface area contributed by atoms with Crippen molar-refractivity contribution >= 4 is 0 Å². The largest absolute Gasteiger partial charge is 0.247 e. The van der Waals surface area contributed by atoms with Gasteiger partial charge in [-0.15, -0.1) is 5.10 Å². The predicted octanol–water partition coefficient (Wildman–Crippen LogP) is 4.25. The summed E-state index contributed by atoms with van der Waals surface area (Å²) in [6, 6.07) is 17.1. The summed E-state index contributed by atoms with van der Waals surface area (Å²) in [5.41, 5.74) is 4.41. The van der Waals surface area contributed by atoms with Crippen molar-refractivity contribution in [3.63, 3.8) is 0 Å². The Kier molecular flexibility index (Phi) is 5.46. The van der Waals surface area contributed by atoms with Gasteiger partial charge in [-0.2, -0.15) is 5.10 Å². The number of benzene rings is 2. The van der Waals surface area contributed by atoms with Crippen molar-refractivity contribution in [1.82, 2.24) is 35.4 Å². The number of aromatic nitrogens is 7. The van der Waals surface area contributed by atoms with Crippen LogP contribution >= 0.6 is 0 Å². The molecule has 0 aliphatic rings. The Morgan fingerprint density at radius 1 is 1.00 bits per heavy atom. The summed E-state index contributed by atoms with van der Waals surface area (Å²) in [6.07, 6.45) is 2.65. The summed E-state index contributed by atoms with van der Waals surface area (Å²) < 4.78 is 2.08. The highest BCUT2D eigenvalue weighted by atomic mass is 15.5. The Morgan fingerprint density at radius 3 is 2.41 bits per heavy atom. The molecule has 0 amide bonds. The van der Waals surface area contributed by atoms with E-state index >= 15 is 0 Å². The van der Waals surface area contributed by atoms with Gasteiger partial charge < -0.3 is 0 Å². The number of hydrogen-bond acceptors (Lipinski definition) is 5. The number of rotatable bonds is 7. The van der Waals surface area contributed by atoms with Gasteiger partial charge in [0.1, 0.15) is 5.82 Å². The van der Waals surface area contributed by atoms with E-state index in [4.69, 9.17) is 4.98 Å². The Morgan fingerprint density at radius 2 is 1.76 bits per heavy atom. The van der Waals surface area contributed by atoms with Crippen molar-refractivity contribution in [1.29, 1.82) is 0 Å². The number of nitrogens with zero attached hydrogens (tertiary/aromatic N) is 6. The zero-order valence-electron chi connectivity index (χ0n) is 17.0. The van der Waals surface area contributed by atoms with E-state index in [-0.39, 0.29) is 0 Å². The van der Waals surface area contributed by atoms with E-state index in [9.17, 15) is 0 Å². The molecule has 0 saturated carbocycles. The molecule has 2 aromatic carbocycles. The van der Waals surface area contributed by atoms with Crippen LogP contribution in [0.15, 0.2) is 48.5 Å². The van der Waals surface area contributed by atoms with E-state index in [2.05, 4.69) is 81.5 Å². The van der Waals surface area contributed by atoms with Crippen LogP contribution in [0.5, 0.6) is 0 Å². The Bertz CT molecular complexity index is 1070. The lowest BCUT2D eigenvalue weighted by Gasteiger charge is -2.12. The van der Waals surface area contributed by atoms with Crippen LogP contribution in [0.2, 0.25) is 0 Å². The first kappa shape index (κ1) is 19.0. The van der Waals surface area contributed by atoms with Gasteiger partial charge in [-0.25, -0.2) is 14.8 Å². The van der Waals surface area contributed by atoms with Crippen LogP contribution in [0, 0.1) is 0 Å². The maximum atomic E-state index is 4.75. The van der Waals surface area contributed by atoms with E-state index in [1.54, 1.807) is 0 Å². The smallest absolute Gasteiger partial charge is 0.180 e. The predicted molar refractivity (Wildman–Crippen MR) is 112 cm³/mol. The first-order valence-electron chi connectivity index (χ1n) is 10.1. The van der Waals surface area contributed by atoms with Crippen LogP contribution < -0.4 is 0 Å². The summed E-state index contributed by atoms with van der Waals surface area (Å²) in [5, 5.41) is 19.0. The number of nitrogens with one attached hydrogen (secondary N) is 1. The van der Waals surface area contributed by atoms with Crippen molar-refractivity contribution in [2.24, 2.45) is 0 Å². The second-order valence-electron chi connectivity index (χ2n) is 7.17. The summed E-state index contributed by atoms with van der Waals surface area (Å²) in [4.78, 5) is 4.75. The molecule has 0 spiro atoms. The molecule has 4 aromatic rings. The molecule has 0 fully saturated rings. The molecule has 1 unspecified atom stereocenters. The molecule has 0 saturated heterocycles. The number of aromatic amines is 1. The normalized spacial score (nSPS) is 12.2. The molecule has 0 aliphatic heterocycles. The number of H-pyrrole nitrogens is 1. The van der Waals surface area contributed by atoms with Crippen molar-refractivity contribution in [2.45, 2.75) is 46.1 Å². The molecule has 0 bridgehead atoms. The van der Waals surface area contributed by atoms with Gasteiger partial charge in [-0.3, -0.25) is 0 Å². The molecular weight excluding hydrogens is 362 g/mol. The van der Waals surface area contributed by atoms with Gasteiger partial charge in [0, 0.05) is 18.4 Å². The molecule has 1 atom stereocenters. The van der Waals surface area contributed by atoms with E-state index < -0.39 is 0 Å². The van der Waals surface area contributed by atoms with Crippen LogP contribution in [0.25, 0.3) is 22.5 Å². The first-order chi connectivity index (χ1) is 14.2. The van der Waals surface area contributed by atoms with Crippen molar-refractivity contribution in [2.75, 3.05) is 0 Å². The standard InChI is InChI=1S/C22H25N7/c1-4-15(3)29-21(23-20(5-2)26-29)14-16-10-12-17(13-11-16)18-8-6-7-9-19(18)22-24-27-28-25-22/h6-13,15H,4-5,14H2,1-3H3,(H,24,25,27,28). The lowest BCUT2D eigenvalue weighted by molar-refractivity contribution is 0.458. The monoisotopic (exact) mass is 387 g/mol. The lowest BCUT2D eigenvalue weighted by Crippen LogP contribution is -2.11. The number of tetrazole rings is 1. The van der Waals surface area contributed by atoms with Gasteiger partial charge in [-0.1, -0.05) is 62.4 Å². The average Bonchev–Trinajstić information content (AvgIpc) is 3.44. The minimum absolute atomic E-state index is 0.347. The minimum atomic E-state index is 0.347. The molecule has 29 heavy (non-hydrogen) atoms. The Hall–Kier alpha value is -3.35. The topological polar surface area (TPSA) is 85.2 Å². The van der Waals surface area contributed by atoms with Crippen LogP contribution in [0.4, 0.5) is 0 Å².